The highest BCUT2D eigenvalue weighted by Crippen LogP contribution is 2.21. The van der Waals surface area contributed by atoms with Gasteiger partial charge in [0.15, 0.2) is 0 Å². The Labute approximate surface area is 103 Å². The number of carbonyl (C=O) groups excluding carboxylic acids is 1. The number of amides is 1. The number of nitrogens with zero attached hydrogens (tertiary/aromatic N) is 2. The van der Waals surface area contributed by atoms with Crippen molar-refractivity contribution < 1.29 is 9.90 Å². The Morgan fingerprint density at radius 1 is 1.29 bits per heavy atom. The van der Waals surface area contributed by atoms with Crippen LogP contribution in [0, 0.1) is 0 Å². The van der Waals surface area contributed by atoms with E-state index >= 15 is 0 Å². The summed E-state index contributed by atoms with van der Waals surface area (Å²) >= 11 is 0. The Morgan fingerprint density at radius 3 is 2.47 bits per heavy atom. The van der Waals surface area contributed by atoms with E-state index in [0.29, 0.717) is 19.5 Å². The number of nitrogens with one attached hydrogen (secondary N) is 1. The minimum absolute atomic E-state index is 0.149. The Bertz CT molecular complexity index is 287. The SMILES string of the molecule is CC(C)(C(=O)N1CC[C@@H](O)C1)N1CCNCC1. The van der Waals surface area contributed by atoms with E-state index < -0.39 is 5.54 Å². The van der Waals surface area contributed by atoms with Crippen molar-refractivity contribution in [3.05, 3.63) is 0 Å². The summed E-state index contributed by atoms with van der Waals surface area (Å²) in [5, 5.41) is 12.8. The minimum atomic E-state index is -0.452. The van der Waals surface area contributed by atoms with Gasteiger partial charge in [-0.25, -0.2) is 0 Å². The first-order valence-corrected chi connectivity index (χ1v) is 6.45. The molecule has 0 radical (unpaired) electrons. The molecule has 98 valence electrons. The summed E-state index contributed by atoms with van der Waals surface area (Å²) in [5.41, 5.74) is -0.452. The van der Waals surface area contributed by atoms with E-state index in [1.54, 1.807) is 4.90 Å². The number of hydrogen-bond acceptors (Lipinski definition) is 4. The van der Waals surface area contributed by atoms with Gasteiger partial charge in [0.25, 0.3) is 0 Å². The van der Waals surface area contributed by atoms with Gasteiger partial charge < -0.3 is 15.3 Å². The maximum absolute atomic E-state index is 12.5. The Balaban J connectivity index is 2.00. The van der Waals surface area contributed by atoms with Gasteiger partial charge in [-0.1, -0.05) is 0 Å². The van der Waals surface area contributed by atoms with Crippen LogP contribution >= 0.6 is 0 Å². The van der Waals surface area contributed by atoms with E-state index in [-0.39, 0.29) is 12.0 Å². The van der Waals surface area contributed by atoms with Gasteiger partial charge in [0.05, 0.1) is 11.6 Å². The number of aliphatic hydroxyl groups excluding tert-OH is 1. The van der Waals surface area contributed by atoms with Crippen molar-refractivity contribution in [2.75, 3.05) is 39.3 Å². The van der Waals surface area contributed by atoms with Gasteiger partial charge in [0.2, 0.25) is 5.91 Å². The fourth-order valence-corrected chi connectivity index (χ4v) is 2.67. The molecule has 0 bridgehead atoms. The number of β-amino-alcohol motifs (C(OH)–C–C–N with tert-alkyl or cyclic N) is 1. The van der Waals surface area contributed by atoms with Crippen LogP contribution in [0.1, 0.15) is 20.3 Å². The molecular formula is C12H23N3O2. The monoisotopic (exact) mass is 241 g/mol. The zero-order valence-electron chi connectivity index (χ0n) is 10.8. The lowest BCUT2D eigenvalue weighted by Gasteiger charge is -2.41. The lowest BCUT2D eigenvalue weighted by atomic mass is 9.99. The summed E-state index contributed by atoms with van der Waals surface area (Å²) < 4.78 is 0. The highest BCUT2D eigenvalue weighted by molar-refractivity contribution is 5.85. The summed E-state index contributed by atoms with van der Waals surface area (Å²) in [5.74, 6) is 0.149. The lowest BCUT2D eigenvalue weighted by Crippen LogP contribution is -2.60. The topological polar surface area (TPSA) is 55.8 Å². The van der Waals surface area contributed by atoms with Gasteiger partial charge in [-0.2, -0.15) is 0 Å². The van der Waals surface area contributed by atoms with Crippen molar-refractivity contribution in [1.29, 1.82) is 0 Å². The second kappa shape index (κ2) is 4.92. The molecule has 0 saturated carbocycles. The van der Waals surface area contributed by atoms with Gasteiger partial charge in [-0.3, -0.25) is 9.69 Å². The molecular weight excluding hydrogens is 218 g/mol. The summed E-state index contributed by atoms with van der Waals surface area (Å²) in [6, 6.07) is 0. The molecule has 2 fully saturated rings. The Morgan fingerprint density at radius 2 is 1.94 bits per heavy atom. The maximum atomic E-state index is 12.5. The quantitative estimate of drug-likeness (QED) is 0.669. The Hall–Kier alpha value is -0.650. The van der Waals surface area contributed by atoms with E-state index in [0.717, 1.165) is 26.2 Å². The van der Waals surface area contributed by atoms with Crippen molar-refractivity contribution >= 4 is 5.91 Å². The summed E-state index contributed by atoms with van der Waals surface area (Å²) in [4.78, 5) is 16.5. The fourth-order valence-electron chi connectivity index (χ4n) is 2.67. The van der Waals surface area contributed by atoms with Crippen LogP contribution in [0.5, 0.6) is 0 Å². The molecule has 0 spiro atoms. The average molecular weight is 241 g/mol. The average Bonchev–Trinajstić information content (AvgIpc) is 2.76. The third kappa shape index (κ3) is 2.61. The van der Waals surface area contributed by atoms with Crippen LogP contribution in [0.2, 0.25) is 0 Å². The van der Waals surface area contributed by atoms with Crippen molar-refractivity contribution in [2.24, 2.45) is 0 Å². The highest BCUT2D eigenvalue weighted by atomic mass is 16.3. The van der Waals surface area contributed by atoms with Crippen molar-refractivity contribution in [3.8, 4) is 0 Å². The molecule has 2 rings (SSSR count). The van der Waals surface area contributed by atoms with Crippen LogP contribution in [0.3, 0.4) is 0 Å². The van der Waals surface area contributed by atoms with Crippen molar-refractivity contribution in [3.63, 3.8) is 0 Å². The third-order valence-electron chi connectivity index (χ3n) is 3.88. The molecule has 1 amide bonds. The number of hydrogen-bond donors (Lipinski definition) is 2. The van der Waals surface area contributed by atoms with Crippen LogP contribution in [-0.2, 0) is 4.79 Å². The summed E-state index contributed by atoms with van der Waals surface area (Å²) in [6.45, 7) is 8.88. The standard InChI is InChI=1S/C12H23N3O2/c1-12(2,15-7-4-13-5-8-15)11(17)14-6-3-10(16)9-14/h10,13,16H,3-9H2,1-2H3/t10-/m1/s1. The molecule has 2 heterocycles. The van der Waals surface area contributed by atoms with Crippen LogP contribution < -0.4 is 5.32 Å². The molecule has 5 nitrogen and oxygen atoms in total. The van der Waals surface area contributed by atoms with E-state index in [2.05, 4.69) is 10.2 Å². The van der Waals surface area contributed by atoms with E-state index in [9.17, 15) is 9.90 Å². The fraction of sp³-hybridized carbons (Fsp3) is 0.917. The molecule has 2 saturated heterocycles. The van der Waals surface area contributed by atoms with Gasteiger partial charge in [0.1, 0.15) is 0 Å². The first kappa shape index (κ1) is 12.8. The van der Waals surface area contributed by atoms with Crippen molar-refractivity contribution in [1.82, 2.24) is 15.1 Å². The molecule has 1 atom stereocenters. The van der Waals surface area contributed by atoms with Gasteiger partial charge in [-0.15, -0.1) is 0 Å². The second-order valence-corrected chi connectivity index (χ2v) is 5.49. The number of carbonyl (C=O) groups is 1. The molecule has 2 aliphatic rings. The van der Waals surface area contributed by atoms with E-state index in [4.69, 9.17) is 0 Å². The molecule has 0 aromatic heterocycles. The summed E-state index contributed by atoms with van der Waals surface area (Å²) in [7, 11) is 0. The van der Waals surface area contributed by atoms with Crippen molar-refractivity contribution in [2.45, 2.75) is 31.9 Å². The van der Waals surface area contributed by atoms with Crippen LogP contribution in [0.25, 0.3) is 0 Å². The smallest absolute Gasteiger partial charge is 0.242 e. The highest BCUT2D eigenvalue weighted by Gasteiger charge is 2.39. The third-order valence-corrected chi connectivity index (χ3v) is 3.88. The van der Waals surface area contributed by atoms with Gasteiger partial charge >= 0.3 is 0 Å². The van der Waals surface area contributed by atoms with Crippen LogP contribution in [0.15, 0.2) is 0 Å². The first-order valence-electron chi connectivity index (χ1n) is 6.45. The predicted octanol–water partition coefficient (Wildman–Crippen LogP) is -0.737. The number of likely N-dealkylation sites (tertiary alicyclic amines) is 1. The minimum Gasteiger partial charge on any atom is -0.391 e. The number of aliphatic hydroxyl groups is 1. The van der Waals surface area contributed by atoms with Gasteiger partial charge in [-0.05, 0) is 20.3 Å². The van der Waals surface area contributed by atoms with E-state index in [1.807, 2.05) is 13.8 Å². The molecule has 5 heteroatoms. The predicted molar refractivity (Wildman–Crippen MR) is 65.7 cm³/mol. The van der Waals surface area contributed by atoms with Gasteiger partial charge in [0, 0.05) is 39.3 Å². The molecule has 2 N–H and O–H groups in total. The Kier molecular flexibility index (Phi) is 3.70. The number of piperazine rings is 1. The largest absolute Gasteiger partial charge is 0.391 e. The summed E-state index contributed by atoms with van der Waals surface area (Å²) in [6.07, 6.45) is 0.376. The normalized spacial score (nSPS) is 27.5. The maximum Gasteiger partial charge on any atom is 0.242 e. The second-order valence-electron chi connectivity index (χ2n) is 5.49. The zero-order valence-corrected chi connectivity index (χ0v) is 10.8. The lowest BCUT2D eigenvalue weighted by molar-refractivity contribution is -0.142. The molecule has 0 aromatic rings. The zero-order chi connectivity index (χ0) is 12.5. The number of rotatable bonds is 2. The molecule has 0 aromatic carbocycles. The molecule has 0 aliphatic carbocycles. The van der Waals surface area contributed by atoms with Crippen LogP contribution in [0.4, 0.5) is 0 Å². The molecule has 17 heavy (non-hydrogen) atoms. The van der Waals surface area contributed by atoms with Crippen LogP contribution in [-0.4, -0.2) is 71.7 Å². The first-order chi connectivity index (χ1) is 8.01. The molecule has 0 unspecified atom stereocenters. The molecule has 2 aliphatic heterocycles. The van der Waals surface area contributed by atoms with E-state index in [1.165, 1.54) is 0 Å².